The lowest BCUT2D eigenvalue weighted by Gasteiger charge is -2.16. The molecule has 146 valence electrons. The number of hydrogen-bond donors (Lipinski definition) is 0. The van der Waals surface area contributed by atoms with Crippen LogP contribution in [0.3, 0.4) is 0 Å². The molecule has 0 aliphatic carbocycles. The van der Waals surface area contributed by atoms with E-state index >= 15 is 0 Å². The minimum atomic E-state index is -4.10. The highest BCUT2D eigenvalue weighted by Crippen LogP contribution is 2.41. The Balaban J connectivity index is 2.14. The third-order valence-corrected chi connectivity index (χ3v) is 7.18. The first-order chi connectivity index (χ1) is 13.8. The topological polar surface area (TPSA) is 47.0 Å². The zero-order valence-corrected chi connectivity index (χ0v) is 18.4. The highest BCUT2D eigenvalue weighted by molar-refractivity contribution is 7.91. The molecular formula is C21H11Cl4NO2S. The molecule has 0 unspecified atom stereocenters. The van der Waals surface area contributed by atoms with E-state index in [0.29, 0.717) is 27.1 Å². The van der Waals surface area contributed by atoms with Gasteiger partial charge in [0.15, 0.2) is 0 Å². The number of benzene rings is 3. The van der Waals surface area contributed by atoms with Crippen molar-refractivity contribution in [2.24, 2.45) is 0 Å². The Bertz CT molecular complexity index is 1350. The molecule has 0 saturated heterocycles. The Morgan fingerprint density at radius 2 is 1.41 bits per heavy atom. The average Bonchev–Trinajstić information content (AvgIpc) is 2.66. The first kappa shape index (κ1) is 20.5. The van der Waals surface area contributed by atoms with Gasteiger partial charge in [-0.25, -0.2) is 13.4 Å². The number of aromatic nitrogens is 1. The van der Waals surface area contributed by atoms with Crippen molar-refractivity contribution in [3.05, 3.63) is 87.0 Å². The quantitative estimate of drug-likeness (QED) is 0.287. The lowest BCUT2D eigenvalue weighted by Crippen LogP contribution is -2.07. The van der Waals surface area contributed by atoms with Crippen molar-refractivity contribution in [1.82, 2.24) is 4.98 Å². The molecule has 4 aromatic rings. The molecule has 0 radical (unpaired) electrons. The Morgan fingerprint density at radius 3 is 2.10 bits per heavy atom. The zero-order chi connectivity index (χ0) is 20.8. The van der Waals surface area contributed by atoms with E-state index in [0.717, 1.165) is 0 Å². The Kier molecular flexibility index (Phi) is 5.49. The summed E-state index contributed by atoms with van der Waals surface area (Å²) in [4.78, 5) is 4.11. The third-order valence-electron chi connectivity index (χ3n) is 4.33. The van der Waals surface area contributed by atoms with Crippen LogP contribution in [0.1, 0.15) is 0 Å². The van der Waals surface area contributed by atoms with Crippen LogP contribution >= 0.6 is 46.4 Å². The number of sulfone groups is 1. The van der Waals surface area contributed by atoms with Gasteiger partial charge in [-0.3, -0.25) is 0 Å². The first-order valence-electron chi connectivity index (χ1n) is 8.33. The summed E-state index contributed by atoms with van der Waals surface area (Å²) < 4.78 is 27.2. The van der Waals surface area contributed by atoms with Crippen LogP contribution in [-0.4, -0.2) is 13.4 Å². The van der Waals surface area contributed by atoms with Gasteiger partial charge in [0.05, 0.1) is 10.4 Å². The summed E-state index contributed by atoms with van der Waals surface area (Å²) in [6, 6.07) is 18.2. The summed E-state index contributed by atoms with van der Waals surface area (Å²) in [6.45, 7) is 0. The Labute approximate surface area is 187 Å². The van der Waals surface area contributed by atoms with Crippen molar-refractivity contribution >= 4 is 67.1 Å². The van der Waals surface area contributed by atoms with Crippen LogP contribution < -0.4 is 0 Å². The summed E-state index contributed by atoms with van der Waals surface area (Å²) in [5.41, 5.74) is 1.58. The molecule has 0 amide bonds. The summed E-state index contributed by atoms with van der Waals surface area (Å²) in [5, 5.41) is 1.35. The fourth-order valence-corrected chi connectivity index (χ4v) is 6.04. The van der Waals surface area contributed by atoms with Crippen LogP contribution in [0.25, 0.3) is 22.0 Å². The minimum Gasteiger partial charge on any atom is -0.235 e. The van der Waals surface area contributed by atoms with Gasteiger partial charge in [0, 0.05) is 26.0 Å². The molecule has 0 spiro atoms. The standard InChI is InChI=1S/C21H11Cl4NO2S/c22-13-5-3-4-12(8-13)19-17-6-1-2-7-18(17)26-21(25)20(19)29(27,28)16-10-14(23)9-15(24)11-16/h1-11H. The highest BCUT2D eigenvalue weighted by Gasteiger charge is 2.29. The number of para-hydroxylation sites is 1. The predicted octanol–water partition coefficient (Wildman–Crippen LogP) is 7.35. The fourth-order valence-electron chi connectivity index (χ4n) is 3.14. The molecule has 8 heteroatoms. The molecule has 3 nitrogen and oxygen atoms in total. The molecule has 0 aliphatic heterocycles. The highest BCUT2D eigenvalue weighted by atomic mass is 35.5. The van der Waals surface area contributed by atoms with Crippen LogP contribution in [0.5, 0.6) is 0 Å². The molecule has 1 heterocycles. The molecule has 0 N–H and O–H groups in total. The SMILES string of the molecule is O=S(=O)(c1cc(Cl)cc(Cl)c1)c1c(Cl)nc2ccccc2c1-c1cccc(Cl)c1. The van der Waals surface area contributed by atoms with Crippen molar-refractivity contribution in [3.8, 4) is 11.1 Å². The van der Waals surface area contributed by atoms with Crippen molar-refractivity contribution in [1.29, 1.82) is 0 Å². The third kappa shape index (κ3) is 3.83. The van der Waals surface area contributed by atoms with E-state index in [9.17, 15) is 8.42 Å². The maximum Gasteiger partial charge on any atom is 0.210 e. The number of hydrogen-bond acceptors (Lipinski definition) is 3. The molecule has 29 heavy (non-hydrogen) atoms. The number of pyridine rings is 1. The van der Waals surface area contributed by atoms with Gasteiger partial charge in [-0.15, -0.1) is 0 Å². The van der Waals surface area contributed by atoms with E-state index in [2.05, 4.69) is 4.98 Å². The van der Waals surface area contributed by atoms with Gasteiger partial charge in [-0.1, -0.05) is 76.7 Å². The molecule has 0 bridgehead atoms. The van der Waals surface area contributed by atoms with Gasteiger partial charge in [-0.2, -0.15) is 0 Å². The molecule has 0 fully saturated rings. The van der Waals surface area contributed by atoms with Gasteiger partial charge < -0.3 is 0 Å². The van der Waals surface area contributed by atoms with Crippen LogP contribution in [0, 0.1) is 0 Å². The molecule has 0 atom stereocenters. The van der Waals surface area contributed by atoms with Crippen molar-refractivity contribution in [2.75, 3.05) is 0 Å². The van der Waals surface area contributed by atoms with Crippen molar-refractivity contribution < 1.29 is 8.42 Å². The zero-order valence-electron chi connectivity index (χ0n) is 14.5. The van der Waals surface area contributed by atoms with Gasteiger partial charge in [0.2, 0.25) is 9.84 Å². The fraction of sp³-hybridized carbons (Fsp3) is 0. The molecule has 0 aliphatic rings. The lowest BCUT2D eigenvalue weighted by atomic mass is 10.0. The van der Waals surface area contributed by atoms with Gasteiger partial charge in [0.1, 0.15) is 10.0 Å². The lowest BCUT2D eigenvalue weighted by molar-refractivity contribution is 0.596. The normalized spacial score (nSPS) is 11.7. The summed E-state index contributed by atoms with van der Waals surface area (Å²) >= 11 is 24.7. The van der Waals surface area contributed by atoms with E-state index in [-0.39, 0.29) is 25.0 Å². The smallest absolute Gasteiger partial charge is 0.210 e. The van der Waals surface area contributed by atoms with E-state index in [4.69, 9.17) is 46.4 Å². The number of halogens is 4. The Morgan fingerprint density at radius 1 is 0.724 bits per heavy atom. The molecule has 0 saturated carbocycles. The van der Waals surface area contributed by atoms with Gasteiger partial charge in [0.25, 0.3) is 0 Å². The van der Waals surface area contributed by atoms with Crippen LogP contribution in [0.15, 0.2) is 76.5 Å². The van der Waals surface area contributed by atoms with E-state index < -0.39 is 9.84 Å². The molecule has 4 rings (SSSR count). The van der Waals surface area contributed by atoms with Crippen LogP contribution in [0.4, 0.5) is 0 Å². The summed E-state index contributed by atoms with van der Waals surface area (Å²) in [6.07, 6.45) is 0. The van der Waals surface area contributed by atoms with E-state index in [1.165, 1.54) is 18.2 Å². The summed E-state index contributed by atoms with van der Waals surface area (Å²) in [7, 11) is -4.10. The van der Waals surface area contributed by atoms with Crippen LogP contribution in [0.2, 0.25) is 20.2 Å². The second-order valence-electron chi connectivity index (χ2n) is 6.24. The maximum absolute atomic E-state index is 13.6. The maximum atomic E-state index is 13.6. The first-order valence-corrected chi connectivity index (χ1v) is 11.3. The molecule has 3 aromatic carbocycles. The number of nitrogens with zero attached hydrogens (tertiary/aromatic N) is 1. The van der Waals surface area contributed by atoms with Crippen LogP contribution in [-0.2, 0) is 9.84 Å². The molecular weight excluding hydrogens is 472 g/mol. The van der Waals surface area contributed by atoms with Gasteiger partial charge in [-0.05, 0) is 42.0 Å². The predicted molar refractivity (Wildman–Crippen MR) is 119 cm³/mol. The van der Waals surface area contributed by atoms with Crippen molar-refractivity contribution in [2.45, 2.75) is 9.79 Å². The number of rotatable bonds is 3. The minimum absolute atomic E-state index is 0.0720. The second-order valence-corrected chi connectivity index (χ2v) is 9.80. The van der Waals surface area contributed by atoms with E-state index in [1.807, 2.05) is 0 Å². The molecule has 1 aromatic heterocycles. The monoisotopic (exact) mass is 481 g/mol. The number of fused-ring (bicyclic) bond motifs is 1. The summed E-state index contributed by atoms with van der Waals surface area (Å²) in [5.74, 6) is 0. The second kappa shape index (κ2) is 7.78. The largest absolute Gasteiger partial charge is 0.235 e. The van der Waals surface area contributed by atoms with Gasteiger partial charge >= 0.3 is 0 Å². The average molecular weight is 483 g/mol. The van der Waals surface area contributed by atoms with E-state index in [1.54, 1.807) is 48.5 Å². The Hall–Kier alpha value is -1.82. The van der Waals surface area contributed by atoms with Crippen molar-refractivity contribution in [3.63, 3.8) is 0 Å².